The van der Waals surface area contributed by atoms with Crippen molar-refractivity contribution in [2.24, 2.45) is 4.99 Å². The van der Waals surface area contributed by atoms with Gasteiger partial charge in [0.25, 0.3) is 0 Å². The molecule has 4 rings (SSSR count). The van der Waals surface area contributed by atoms with Crippen LogP contribution < -0.4 is 0 Å². The van der Waals surface area contributed by atoms with E-state index in [4.69, 9.17) is 16.0 Å². The van der Waals surface area contributed by atoms with Crippen molar-refractivity contribution in [3.63, 3.8) is 0 Å². The molecule has 0 amide bonds. The molecule has 1 aromatic heterocycles. The molecule has 6 heteroatoms. The molecule has 0 unspecified atom stereocenters. The first-order chi connectivity index (χ1) is 13.0. The molecule has 0 fully saturated rings. The maximum atomic E-state index is 10.1. The molecule has 1 heterocycles. The van der Waals surface area contributed by atoms with Gasteiger partial charge in [-0.25, -0.2) is 4.98 Å². The van der Waals surface area contributed by atoms with E-state index in [1.807, 2.05) is 49.4 Å². The average Bonchev–Trinajstić information content (AvgIpc) is 3.09. The molecule has 27 heavy (non-hydrogen) atoms. The van der Waals surface area contributed by atoms with Crippen molar-refractivity contribution in [3.8, 4) is 17.2 Å². The van der Waals surface area contributed by atoms with Crippen LogP contribution in [0.3, 0.4) is 0 Å². The van der Waals surface area contributed by atoms with Gasteiger partial charge in [0, 0.05) is 22.4 Å². The molecule has 0 saturated heterocycles. The molecule has 0 atom stereocenters. The molecular weight excluding hydrogens is 428 g/mol. The zero-order chi connectivity index (χ0) is 19.0. The monoisotopic (exact) mass is 440 g/mol. The van der Waals surface area contributed by atoms with Gasteiger partial charge in [0.15, 0.2) is 5.58 Å². The lowest BCUT2D eigenvalue weighted by Gasteiger charge is -2.03. The Morgan fingerprint density at radius 2 is 1.96 bits per heavy atom. The first-order valence-corrected chi connectivity index (χ1v) is 9.37. The molecule has 0 aliphatic rings. The summed E-state index contributed by atoms with van der Waals surface area (Å²) in [5, 5.41) is 10.6. The van der Waals surface area contributed by atoms with Crippen LogP contribution in [0.5, 0.6) is 5.75 Å². The van der Waals surface area contributed by atoms with Gasteiger partial charge in [0.1, 0.15) is 11.3 Å². The number of phenolic OH excluding ortho intramolecular Hbond substituents is 1. The number of aromatic nitrogens is 1. The van der Waals surface area contributed by atoms with Crippen LogP contribution in [-0.2, 0) is 0 Å². The number of fused-ring (bicyclic) bond motifs is 1. The standard InChI is InChI=1S/C21H14BrClN2O2/c1-12-4-2-7-18-19(12)25-21(27-18)13-5-3-6-16(9-13)24-11-14-8-15(23)10-17(22)20(14)26/h2-11,26H,1H3. The van der Waals surface area contributed by atoms with Gasteiger partial charge in [-0.05, 0) is 64.8 Å². The van der Waals surface area contributed by atoms with Gasteiger partial charge in [-0.2, -0.15) is 0 Å². The van der Waals surface area contributed by atoms with Gasteiger partial charge >= 0.3 is 0 Å². The van der Waals surface area contributed by atoms with Crippen molar-refractivity contribution < 1.29 is 9.52 Å². The second-order valence-electron chi connectivity index (χ2n) is 6.07. The van der Waals surface area contributed by atoms with Gasteiger partial charge in [-0.15, -0.1) is 0 Å². The lowest BCUT2D eigenvalue weighted by Crippen LogP contribution is -1.84. The first-order valence-electron chi connectivity index (χ1n) is 8.20. The molecule has 4 aromatic rings. The average molecular weight is 442 g/mol. The van der Waals surface area contributed by atoms with Crippen molar-refractivity contribution in [3.05, 3.63) is 75.2 Å². The van der Waals surface area contributed by atoms with E-state index in [9.17, 15) is 5.11 Å². The van der Waals surface area contributed by atoms with Gasteiger partial charge in [-0.1, -0.05) is 29.8 Å². The topological polar surface area (TPSA) is 58.6 Å². The van der Waals surface area contributed by atoms with Crippen LogP contribution in [0, 0.1) is 6.92 Å². The number of aliphatic imine (C=N–C) groups is 1. The Hall–Kier alpha value is -2.63. The normalized spacial score (nSPS) is 11.5. The summed E-state index contributed by atoms with van der Waals surface area (Å²) in [5.41, 5.74) is 4.75. The second kappa shape index (κ2) is 7.18. The number of oxazole rings is 1. The molecule has 4 nitrogen and oxygen atoms in total. The van der Waals surface area contributed by atoms with Gasteiger partial charge in [0.2, 0.25) is 5.89 Å². The minimum absolute atomic E-state index is 0.0914. The van der Waals surface area contributed by atoms with E-state index < -0.39 is 0 Å². The van der Waals surface area contributed by atoms with E-state index >= 15 is 0 Å². The second-order valence-corrected chi connectivity index (χ2v) is 7.37. The third-order valence-corrected chi connectivity index (χ3v) is 4.95. The maximum absolute atomic E-state index is 10.1. The fourth-order valence-corrected chi connectivity index (χ4v) is 3.59. The largest absolute Gasteiger partial charge is 0.506 e. The molecule has 1 N–H and O–H groups in total. The molecule has 0 aliphatic carbocycles. The van der Waals surface area contributed by atoms with Crippen molar-refractivity contribution in [2.45, 2.75) is 6.92 Å². The summed E-state index contributed by atoms with van der Waals surface area (Å²) < 4.78 is 6.40. The van der Waals surface area contributed by atoms with E-state index in [1.54, 1.807) is 18.3 Å². The summed E-state index contributed by atoms with van der Waals surface area (Å²) in [6, 6.07) is 16.7. The van der Waals surface area contributed by atoms with Crippen LogP contribution in [0.25, 0.3) is 22.6 Å². The Bertz CT molecular complexity index is 1180. The van der Waals surface area contributed by atoms with E-state index in [0.717, 1.165) is 22.2 Å². The summed E-state index contributed by atoms with van der Waals surface area (Å²) in [6.45, 7) is 2.00. The summed E-state index contributed by atoms with van der Waals surface area (Å²) >= 11 is 9.31. The molecule has 0 aliphatic heterocycles. The minimum Gasteiger partial charge on any atom is -0.506 e. The highest BCUT2D eigenvalue weighted by molar-refractivity contribution is 9.10. The third-order valence-electron chi connectivity index (χ3n) is 4.12. The summed E-state index contributed by atoms with van der Waals surface area (Å²) in [6.07, 6.45) is 1.57. The zero-order valence-electron chi connectivity index (χ0n) is 14.3. The number of hydrogen-bond donors (Lipinski definition) is 1. The predicted octanol–water partition coefficient (Wildman–Crippen LogP) is 6.68. The number of hydrogen-bond acceptors (Lipinski definition) is 4. The molecule has 0 radical (unpaired) electrons. The SMILES string of the molecule is Cc1cccc2oc(-c3cccc(N=Cc4cc(Cl)cc(Br)c4O)c3)nc12. The van der Waals surface area contributed by atoms with Gasteiger partial charge in [-0.3, -0.25) is 4.99 Å². The Balaban J connectivity index is 1.69. The number of aryl methyl sites for hydroxylation is 1. The highest BCUT2D eigenvalue weighted by atomic mass is 79.9. The molecule has 3 aromatic carbocycles. The van der Waals surface area contributed by atoms with E-state index in [2.05, 4.69) is 25.9 Å². The molecule has 134 valence electrons. The number of halogens is 2. The number of benzene rings is 3. The number of para-hydroxylation sites is 1. The Morgan fingerprint density at radius 3 is 2.78 bits per heavy atom. The number of phenols is 1. The highest BCUT2D eigenvalue weighted by Gasteiger charge is 2.10. The van der Waals surface area contributed by atoms with Crippen molar-refractivity contribution in [1.82, 2.24) is 4.98 Å². The summed E-state index contributed by atoms with van der Waals surface area (Å²) in [7, 11) is 0. The maximum Gasteiger partial charge on any atom is 0.227 e. The van der Waals surface area contributed by atoms with Crippen LogP contribution in [0.2, 0.25) is 5.02 Å². The molecular formula is C21H14BrClN2O2. The van der Waals surface area contributed by atoms with Crippen LogP contribution in [-0.4, -0.2) is 16.3 Å². The van der Waals surface area contributed by atoms with E-state index in [0.29, 0.717) is 26.6 Å². The number of nitrogens with zero attached hydrogens (tertiary/aromatic N) is 2. The molecule has 0 spiro atoms. The minimum atomic E-state index is 0.0914. The van der Waals surface area contributed by atoms with Gasteiger partial charge in [0.05, 0.1) is 10.2 Å². The van der Waals surface area contributed by atoms with Crippen LogP contribution in [0.1, 0.15) is 11.1 Å². The van der Waals surface area contributed by atoms with Crippen LogP contribution in [0.15, 0.2) is 68.5 Å². The lowest BCUT2D eigenvalue weighted by atomic mass is 10.2. The van der Waals surface area contributed by atoms with Crippen molar-refractivity contribution in [1.29, 1.82) is 0 Å². The Kier molecular flexibility index (Phi) is 4.72. The summed E-state index contributed by atoms with van der Waals surface area (Å²) in [4.78, 5) is 9.04. The fourth-order valence-electron chi connectivity index (χ4n) is 2.76. The quantitative estimate of drug-likeness (QED) is 0.361. The lowest BCUT2D eigenvalue weighted by molar-refractivity contribution is 0.471. The summed E-state index contributed by atoms with van der Waals surface area (Å²) in [5.74, 6) is 0.637. The highest BCUT2D eigenvalue weighted by Crippen LogP contribution is 2.31. The first kappa shape index (κ1) is 17.8. The Labute approximate surface area is 169 Å². The van der Waals surface area contributed by atoms with Crippen molar-refractivity contribution >= 4 is 50.5 Å². The van der Waals surface area contributed by atoms with Crippen LogP contribution in [0.4, 0.5) is 5.69 Å². The number of aromatic hydroxyl groups is 1. The zero-order valence-corrected chi connectivity index (χ0v) is 16.6. The molecule has 0 bridgehead atoms. The third kappa shape index (κ3) is 3.61. The van der Waals surface area contributed by atoms with Gasteiger partial charge < -0.3 is 9.52 Å². The van der Waals surface area contributed by atoms with E-state index in [1.165, 1.54) is 0 Å². The predicted molar refractivity (Wildman–Crippen MR) is 112 cm³/mol. The van der Waals surface area contributed by atoms with Crippen molar-refractivity contribution in [2.75, 3.05) is 0 Å². The fraction of sp³-hybridized carbons (Fsp3) is 0.0476. The van der Waals surface area contributed by atoms with E-state index in [-0.39, 0.29) is 5.75 Å². The Morgan fingerprint density at radius 1 is 1.15 bits per heavy atom. The van der Waals surface area contributed by atoms with Crippen LogP contribution >= 0.6 is 27.5 Å². The molecule has 0 saturated carbocycles. The smallest absolute Gasteiger partial charge is 0.227 e. The number of rotatable bonds is 3.